The standard InChI is InChI=1S/C8H14O4.2C6H10O3.Zr/c1-2-3-4-12-6-7(9)5-8(10)11;2*1-2-3-5(7)4-6(8)9;/h2-6H2,1H3,(H,10,11);2*2-4H2,1H3,(H,8,9);/q;;;+3/p-3. The predicted molar refractivity (Wildman–Crippen MR) is 99.4 cm³/mol. The fourth-order valence-corrected chi connectivity index (χ4v) is 1.70. The first-order chi connectivity index (χ1) is 14.0. The van der Waals surface area contributed by atoms with Crippen LogP contribution in [-0.4, -0.2) is 48.5 Å². The van der Waals surface area contributed by atoms with E-state index >= 15 is 0 Å². The Hall–Kier alpha value is -1.74. The minimum Gasteiger partial charge on any atom is -0.550 e. The van der Waals surface area contributed by atoms with E-state index in [2.05, 4.69) is 0 Å². The molecule has 175 valence electrons. The molecule has 0 spiro atoms. The van der Waals surface area contributed by atoms with Crippen LogP contribution in [0.4, 0.5) is 0 Å². The van der Waals surface area contributed by atoms with E-state index in [0.717, 1.165) is 12.8 Å². The second-order valence-electron chi connectivity index (χ2n) is 6.17. The van der Waals surface area contributed by atoms with E-state index in [0.29, 0.717) is 32.3 Å². The summed E-state index contributed by atoms with van der Waals surface area (Å²) in [5.41, 5.74) is 0. The van der Waals surface area contributed by atoms with Crippen molar-refractivity contribution in [1.29, 1.82) is 0 Å². The van der Waals surface area contributed by atoms with Gasteiger partial charge in [0.25, 0.3) is 0 Å². The third kappa shape index (κ3) is 39.3. The molecule has 0 atom stereocenters. The van der Waals surface area contributed by atoms with Gasteiger partial charge in [0.2, 0.25) is 0 Å². The Balaban J connectivity index is -0.000000176. The molecule has 0 N–H and O–H groups in total. The number of unbranched alkanes of at least 4 members (excludes halogenated alkanes) is 1. The Morgan fingerprint density at radius 3 is 1.26 bits per heavy atom. The van der Waals surface area contributed by atoms with Gasteiger partial charge in [0, 0.05) is 56.6 Å². The van der Waals surface area contributed by atoms with Crippen molar-refractivity contribution in [2.24, 2.45) is 0 Å². The maximum absolute atomic E-state index is 10.7. The van der Waals surface area contributed by atoms with Crippen molar-refractivity contribution in [2.45, 2.75) is 78.6 Å². The summed E-state index contributed by atoms with van der Waals surface area (Å²) in [4.78, 5) is 61.0. The van der Waals surface area contributed by atoms with Crippen molar-refractivity contribution in [3.05, 3.63) is 0 Å². The molecule has 0 saturated carbocycles. The van der Waals surface area contributed by atoms with Gasteiger partial charge in [-0.15, -0.1) is 0 Å². The van der Waals surface area contributed by atoms with Gasteiger partial charge in [-0.2, -0.15) is 0 Å². The van der Waals surface area contributed by atoms with Crippen LogP contribution >= 0.6 is 0 Å². The molecule has 0 heterocycles. The van der Waals surface area contributed by atoms with E-state index in [1.807, 2.05) is 20.8 Å². The molecule has 0 amide bonds. The van der Waals surface area contributed by atoms with Crippen LogP contribution in [0.5, 0.6) is 0 Å². The maximum Gasteiger partial charge on any atom is 3.00 e. The number of hydrogen-bond donors (Lipinski definition) is 0. The second-order valence-corrected chi connectivity index (χ2v) is 6.17. The third-order valence-electron chi connectivity index (χ3n) is 2.99. The van der Waals surface area contributed by atoms with Gasteiger partial charge in [-0.05, 0) is 19.3 Å². The Labute approximate surface area is 201 Å². The number of carboxylic acids is 3. The van der Waals surface area contributed by atoms with Crippen molar-refractivity contribution in [3.63, 3.8) is 0 Å². The summed E-state index contributed by atoms with van der Waals surface area (Å²) >= 11 is 0. The topological polar surface area (TPSA) is 181 Å². The van der Waals surface area contributed by atoms with Crippen molar-refractivity contribution in [2.75, 3.05) is 13.2 Å². The van der Waals surface area contributed by atoms with Crippen molar-refractivity contribution in [3.8, 4) is 0 Å². The van der Waals surface area contributed by atoms with Crippen LogP contribution in [0.3, 0.4) is 0 Å². The summed E-state index contributed by atoms with van der Waals surface area (Å²) in [7, 11) is 0. The zero-order chi connectivity index (χ0) is 23.9. The first-order valence-corrected chi connectivity index (χ1v) is 9.72. The fourth-order valence-electron chi connectivity index (χ4n) is 1.70. The van der Waals surface area contributed by atoms with Crippen LogP contribution in [0.2, 0.25) is 0 Å². The molecule has 31 heavy (non-hydrogen) atoms. The molecule has 0 aromatic heterocycles. The Morgan fingerprint density at radius 2 is 0.968 bits per heavy atom. The first kappa shape index (κ1) is 36.6. The van der Waals surface area contributed by atoms with Crippen molar-refractivity contribution in [1.82, 2.24) is 0 Å². The minimum atomic E-state index is -1.35. The molecule has 0 fully saturated rings. The normalized spacial score (nSPS) is 9.00. The summed E-state index contributed by atoms with van der Waals surface area (Å²) in [6.45, 7) is 6.05. The number of rotatable bonds is 15. The van der Waals surface area contributed by atoms with Gasteiger partial charge in [-0.25, -0.2) is 0 Å². The second kappa shape index (κ2) is 26.3. The fraction of sp³-hybridized carbons (Fsp3) is 0.700. The molecule has 0 aliphatic carbocycles. The van der Waals surface area contributed by atoms with Crippen LogP contribution in [0, 0.1) is 0 Å². The molecule has 0 saturated heterocycles. The van der Waals surface area contributed by atoms with Gasteiger partial charge >= 0.3 is 26.2 Å². The molecule has 0 rings (SSSR count). The number of carbonyl (C=O) groups is 6. The van der Waals surface area contributed by atoms with E-state index in [-0.39, 0.29) is 44.4 Å². The van der Waals surface area contributed by atoms with Gasteiger partial charge in [0.15, 0.2) is 5.78 Å². The van der Waals surface area contributed by atoms with Crippen LogP contribution in [0.25, 0.3) is 0 Å². The number of Topliss-reactive ketones (excluding diaryl/α,β-unsaturated/α-hetero) is 3. The molecule has 0 unspecified atom stereocenters. The molecule has 0 aromatic rings. The molecular formula is C20H31O10Zr. The summed E-state index contributed by atoms with van der Waals surface area (Å²) in [6.07, 6.45) is 2.54. The summed E-state index contributed by atoms with van der Waals surface area (Å²) in [5.74, 6) is -4.86. The van der Waals surface area contributed by atoms with E-state index in [4.69, 9.17) is 4.74 Å². The summed E-state index contributed by atoms with van der Waals surface area (Å²) < 4.78 is 4.90. The average Bonchev–Trinajstić information content (AvgIpc) is 2.58. The molecule has 0 aliphatic rings. The average molecular weight is 523 g/mol. The van der Waals surface area contributed by atoms with E-state index in [1.165, 1.54) is 0 Å². The monoisotopic (exact) mass is 521 g/mol. The molecule has 10 nitrogen and oxygen atoms in total. The molecule has 0 aromatic carbocycles. The van der Waals surface area contributed by atoms with Crippen molar-refractivity contribution < 1.29 is 75.0 Å². The van der Waals surface area contributed by atoms with Gasteiger partial charge in [-0.1, -0.05) is 27.2 Å². The largest absolute Gasteiger partial charge is 3.00 e. The van der Waals surface area contributed by atoms with E-state index in [9.17, 15) is 44.1 Å². The van der Waals surface area contributed by atoms with Crippen molar-refractivity contribution >= 4 is 35.3 Å². The minimum absolute atomic E-state index is 0. The van der Waals surface area contributed by atoms with Crippen LogP contribution in [0.15, 0.2) is 0 Å². The van der Waals surface area contributed by atoms with Gasteiger partial charge < -0.3 is 34.4 Å². The van der Waals surface area contributed by atoms with Gasteiger partial charge in [0.1, 0.15) is 18.2 Å². The third-order valence-corrected chi connectivity index (χ3v) is 2.99. The maximum atomic E-state index is 10.7. The Bertz CT molecular complexity index is 516. The molecular weight excluding hydrogens is 491 g/mol. The zero-order valence-electron chi connectivity index (χ0n) is 18.4. The summed E-state index contributed by atoms with van der Waals surface area (Å²) in [5, 5.41) is 29.4. The number of hydrogen-bond acceptors (Lipinski definition) is 10. The SMILES string of the molecule is CCCC(=O)CC(=O)[O-].CCCC(=O)CC(=O)[O-].CCCCOCC(=O)CC(=O)[O-].[Zr+3]. The molecule has 1 radical (unpaired) electrons. The van der Waals surface area contributed by atoms with E-state index in [1.54, 1.807) is 0 Å². The molecule has 11 heteroatoms. The zero-order valence-corrected chi connectivity index (χ0v) is 20.8. The number of carbonyl (C=O) groups excluding carboxylic acids is 6. The van der Waals surface area contributed by atoms with Gasteiger partial charge in [0.05, 0.1) is 0 Å². The van der Waals surface area contributed by atoms with E-state index < -0.39 is 43.0 Å². The van der Waals surface area contributed by atoms with Crippen LogP contribution in [0.1, 0.15) is 78.6 Å². The van der Waals surface area contributed by atoms with Crippen LogP contribution < -0.4 is 15.3 Å². The predicted octanol–water partition coefficient (Wildman–Crippen LogP) is -1.50. The Morgan fingerprint density at radius 1 is 0.613 bits per heavy atom. The van der Waals surface area contributed by atoms with Crippen LogP contribution in [-0.2, 0) is 59.7 Å². The molecule has 0 aliphatic heterocycles. The number of carboxylic acid groups (broad SMARTS) is 3. The number of ketones is 3. The summed E-state index contributed by atoms with van der Waals surface area (Å²) in [6, 6.07) is 0. The smallest absolute Gasteiger partial charge is 0.550 e. The quantitative estimate of drug-likeness (QED) is 0.181. The number of ether oxygens (including phenoxy) is 1. The first-order valence-electron chi connectivity index (χ1n) is 9.72. The van der Waals surface area contributed by atoms with Gasteiger partial charge in [-0.3, -0.25) is 14.4 Å². The molecule has 0 bridgehead atoms. The number of aliphatic carboxylic acids is 3. The Kier molecular flexibility index (Phi) is 31.1.